The van der Waals surface area contributed by atoms with Gasteiger partial charge in [-0.25, -0.2) is 8.42 Å². The molecule has 0 spiro atoms. The van der Waals surface area contributed by atoms with Crippen LogP contribution in [0.4, 0.5) is 5.69 Å². The van der Waals surface area contributed by atoms with Crippen molar-refractivity contribution >= 4 is 21.7 Å². The van der Waals surface area contributed by atoms with Gasteiger partial charge in [0, 0.05) is 31.9 Å². The first-order valence-electron chi connectivity index (χ1n) is 9.03. The molecule has 1 aliphatic heterocycles. The minimum atomic E-state index is -3.65. The molecule has 0 bridgehead atoms. The van der Waals surface area contributed by atoms with Gasteiger partial charge in [-0.05, 0) is 36.6 Å². The van der Waals surface area contributed by atoms with Crippen LogP contribution in [0.15, 0.2) is 52.9 Å². The highest BCUT2D eigenvalue weighted by Gasteiger charge is 2.21. The highest BCUT2D eigenvalue weighted by Crippen LogP contribution is 2.22. The Bertz CT molecular complexity index is 918. The summed E-state index contributed by atoms with van der Waals surface area (Å²) in [6, 6.07) is 15.4. The smallest absolute Gasteiger partial charge is 0.260 e. The maximum atomic E-state index is 12.3. The molecule has 0 aromatic heterocycles. The molecule has 27 heavy (non-hydrogen) atoms. The van der Waals surface area contributed by atoms with Gasteiger partial charge in [0.1, 0.15) is 0 Å². The van der Waals surface area contributed by atoms with Gasteiger partial charge in [-0.1, -0.05) is 42.5 Å². The van der Waals surface area contributed by atoms with E-state index >= 15 is 0 Å². The van der Waals surface area contributed by atoms with E-state index in [0.29, 0.717) is 18.7 Å². The number of piperazine rings is 1. The molecule has 1 heterocycles. The first-order chi connectivity index (χ1) is 12.8. The molecule has 7 heteroatoms. The zero-order valence-corrected chi connectivity index (χ0v) is 16.6. The van der Waals surface area contributed by atoms with Crippen molar-refractivity contribution in [2.24, 2.45) is 10.1 Å². The quantitative estimate of drug-likeness (QED) is 0.644. The average molecular weight is 387 g/mol. The van der Waals surface area contributed by atoms with Crippen molar-refractivity contribution in [1.29, 1.82) is 0 Å². The van der Waals surface area contributed by atoms with Gasteiger partial charge in [0.2, 0.25) is 5.96 Å². The van der Waals surface area contributed by atoms with E-state index in [9.17, 15) is 8.42 Å². The number of rotatable bonds is 4. The molecular formula is C20H26N4O2S. The predicted molar refractivity (Wildman–Crippen MR) is 110 cm³/mol. The Kier molecular flexibility index (Phi) is 5.70. The molecule has 0 aliphatic carbocycles. The Morgan fingerprint density at radius 1 is 1.04 bits per heavy atom. The molecule has 3 rings (SSSR count). The molecule has 0 atom stereocenters. The van der Waals surface area contributed by atoms with Crippen LogP contribution in [0.3, 0.4) is 0 Å². The van der Waals surface area contributed by atoms with Crippen molar-refractivity contribution in [3.8, 4) is 0 Å². The van der Waals surface area contributed by atoms with Crippen molar-refractivity contribution in [2.75, 3.05) is 31.1 Å². The molecule has 0 amide bonds. The molecule has 1 fully saturated rings. The Morgan fingerprint density at radius 2 is 1.70 bits per heavy atom. The second-order valence-corrected chi connectivity index (χ2v) is 8.56. The summed E-state index contributed by atoms with van der Waals surface area (Å²) in [5.74, 6) is -0.0664. The van der Waals surface area contributed by atoms with Gasteiger partial charge in [-0.3, -0.25) is 0 Å². The molecule has 2 aromatic rings. The molecule has 0 saturated carbocycles. The Hall–Kier alpha value is -2.54. The Labute approximate surface area is 161 Å². The number of hydrogen-bond donors (Lipinski definition) is 1. The molecule has 0 radical (unpaired) electrons. The molecule has 2 aromatic carbocycles. The van der Waals surface area contributed by atoms with Crippen molar-refractivity contribution in [1.82, 2.24) is 4.90 Å². The van der Waals surface area contributed by atoms with Gasteiger partial charge >= 0.3 is 0 Å². The van der Waals surface area contributed by atoms with Gasteiger partial charge < -0.3 is 15.5 Å². The number of nitrogens with zero attached hydrogens (tertiary/aromatic N) is 3. The van der Waals surface area contributed by atoms with Gasteiger partial charge in [-0.2, -0.15) is 0 Å². The van der Waals surface area contributed by atoms with E-state index in [0.717, 1.165) is 13.1 Å². The van der Waals surface area contributed by atoms with E-state index in [-0.39, 0.29) is 11.7 Å². The lowest BCUT2D eigenvalue weighted by molar-refractivity contribution is 0.382. The summed E-state index contributed by atoms with van der Waals surface area (Å²) in [6.07, 6.45) is 0. The molecule has 1 saturated heterocycles. The second kappa shape index (κ2) is 8.00. The number of benzene rings is 2. The van der Waals surface area contributed by atoms with Gasteiger partial charge in [0.15, 0.2) is 0 Å². The zero-order valence-electron chi connectivity index (χ0n) is 15.8. The molecule has 0 unspecified atom stereocenters. The third kappa shape index (κ3) is 5.01. The summed E-state index contributed by atoms with van der Waals surface area (Å²) in [5.41, 5.74) is 10.4. The first-order valence-corrected chi connectivity index (χ1v) is 10.6. The summed E-state index contributed by atoms with van der Waals surface area (Å²) in [7, 11) is -3.65. The Balaban J connectivity index is 1.64. The third-order valence-electron chi connectivity index (χ3n) is 4.73. The SMILES string of the molecule is Cc1ccc(C)c(N2CCN(/C(N)=N/S(=O)(=O)Cc3ccccc3)CC2)c1. The van der Waals surface area contributed by atoms with Crippen molar-refractivity contribution < 1.29 is 8.42 Å². The number of guanidine groups is 1. The maximum absolute atomic E-state index is 12.3. The van der Waals surface area contributed by atoms with Crippen LogP contribution in [0, 0.1) is 13.8 Å². The second-order valence-electron chi connectivity index (χ2n) is 6.93. The fourth-order valence-electron chi connectivity index (χ4n) is 3.25. The average Bonchev–Trinajstić information content (AvgIpc) is 2.64. The van der Waals surface area contributed by atoms with E-state index in [2.05, 4.69) is 41.3 Å². The molecule has 2 N–H and O–H groups in total. The van der Waals surface area contributed by atoms with Gasteiger partial charge in [-0.15, -0.1) is 4.40 Å². The van der Waals surface area contributed by atoms with Crippen LogP contribution in [-0.2, 0) is 15.8 Å². The predicted octanol–water partition coefficient (Wildman–Crippen LogP) is 2.27. The monoisotopic (exact) mass is 386 g/mol. The lowest BCUT2D eigenvalue weighted by atomic mass is 10.1. The van der Waals surface area contributed by atoms with E-state index in [4.69, 9.17) is 5.73 Å². The summed E-state index contributed by atoms with van der Waals surface area (Å²) < 4.78 is 28.5. The number of anilines is 1. The lowest BCUT2D eigenvalue weighted by Crippen LogP contribution is -2.51. The molecular weight excluding hydrogens is 360 g/mol. The lowest BCUT2D eigenvalue weighted by Gasteiger charge is -2.37. The van der Waals surface area contributed by atoms with Crippen molar-refractivity contribution in [3.05, 3.63) is 65.2 Å². The summed E-state index contributed by atoms with van der Waals surface area (Å²) in [4.78, 5) is 4.15. The highest BCUT2D eigenvalue weighted by molar-refractivity contribution is 7.89. The maximum Gasteiger partial charge on any atom is 0.260 e. The van der Waals surface area contributed by atoms with Crippen LogP contribution < -0.4 is 10.6 Å². The molecule has 6 nitrogen and oxygen atoms in total. The topological polar surface area (TPSA) is 79.0 Å². The van der Waals surface area contributed by atoms with Crippen LogP contribution in [0.5, 0.6) is 0 Å². The number of sulfonamides is 1. The normalized spacial score (nSPS) is 15.9. The largest absolute Gasteiger partial charge is 0.369 e. The van der Waals surface area contributed by atoms with Crippen LogP contribution in [0.1, 0.15) is 16.7 Å². The minimum Gasteiger partial charge on any atom is -0.369 e. The third-order valence-corrected chi connectivity index (χ3v) is 5.90. The first kappa shape index (κ1) is 19.2. The molecule has 144 valence electrons. The number of nitrogens with two attached hydrogens (primary N) is 1. The fourth-order valence-corrected chi connectivity index (χ4v) is 4.33. The van der Waals surface area contributed by atoms with Crippen molar-refractivity contribution in [3.63, 3.8) is 0 Å². The summed E-state index contributed by atoms with van der Waals surface area (Å²) >= 11 is 0. The van der Waals surface area contributed by atoms with Crippen LogP contribution >= 0.6 is 0 Å². The highest BCUT2D eigenvalue weighted by atomic mass is 32.2. The van der Waals surface area contributed by atoms with Crippen LogP contribution in [-0.4, -0.2) is 45.5 Å². The summed E-state index contributed by atoms with van der Waals surface area (Å²) in [5, 5.41) is 0. The summed E-state index contributed by atoms with van der Waals surface area (Å²) in [6.45, 7) is 7.03. The van der Waals surface area contributed by atoms with Crippen LogP contribution in [0.2, 0.25) is 0 Å². The van der Waals surface area contributed by atoms with Crippen molar-refractivity contribution in [2.45, 2.75) is 19.6 Å². The fraction of sp³-hybridized carbons (Fsp3) is 0.350. The van der Waals surface area contributed by atoms with E-state index in [1.54, 1.807) is 12.1 Å². The molecule has 1 aliphatic rings. The Morgan fingerprint density at radius 3 is 2.37 bits per heavy atom. The van der Waals surface area contributed by atoms with E-state index < -0.39 is 10.0 Å². The van der Waals surface area contributed by atoms with E-state index in [1.165, 1.54) is 16.8 Å². The van der Waals surface area contributed by atoms with Crippen LogP contribution in [0.25, 0.3) is 0 Å². The van der Waals surface area contributed by atoms with Gasteiger partial charge in [0.05, 0.1) is 5.75 Å². The van der Waals surface area contributed by atoms with Gasteiger partial charge in [0.25, 0.3) is 10.0 Å². The number of hydrogen-bond acceptors (Lipinski definition) is 3. The van der Waals surface area contributed by atoms with E-state index in [1.807, 2.05) is 23.1 Å². The number of aryl methyl sites for hydroxylation is 2. The minimum absolute atomic E-state index is 0.0755. The standard InChI is InChI=1S/C20H26N4O2S/c1-16-8-9-17(2)19(14-16)23-10-12-24(13-11-23)20(21)22-27(25,26)15-18-6-4-3-5-7-18/h3-9,14H,10-13,15H2,1-2H3,(H2,21,22). The zero-order chi connectivity index (χ0) is 19.4.